The van der Waals surface area contributed by atoms with E-state index in [1.807, 2.05) is 6.07 Å². The van der Waals surface area contributed by atoms with Crippen LogP contribution in [0.5, 0.6) is 0 Å². The molecule has 5 heteroatoms. The third-order valence-electron chi connectivity index (χ3n) is 6.41. The van der Waals surface area contributed by atoms with Gasteiger partial charge in [-0.15, -0.1) is 0 Å². The summed E-state index contributed by atoms with van der Waals surface area (Å²) < 4.78 is 5.56. The molecular weight excluding hydrogens is 362 g/mol. The first-order valence-electron chi connectivity index (χ1n) is 10.7. The smallest absolute Gasteiger partial charge is 0.224 e. The van der Waals surface area contributed by atoms with E-state index in [0.29, 0.717) is 6.42 Å². The van der Waals surface area contributed by atoms with Crippen LogP contribution in [0, 0.1) is 5.92 Å². The van der Waals surface area contributed by atoms with Crippen LogP contribution in [0.2, 0.25) is 0 Å². The number of rotatable bonds is 5. The number of piperidine rings is 1. The van der Waals surface area contributed by atoms with E-state index in [9.17, 15) is 4.79 Å². The molecule has 2 aromatic carbocycles. The molecule has 1 amide bonds. The average Bonchev–Trinajstić information content (AvgIpc) is 3.14. The van der Waals surface area contributed by atoms with Gasteiger partial charge in [0.1, 0.15) is 0 Å². The zero-order valence-corrected chi connectivity index (χ0v) is 16.7. The van der Waals surface area contributed by atoms with Crippen LogP contribution in [-0.4, -0.2) is 29.1 Å². The van der Waals surface area contributed by atoms with Gasteiger partial charge in [-0.25, -0.2) is 0 Å². The van der Waals surface area contributed by atoms with Gasteiger partial charge in [0.15, 0.2) is 5.58 Å². The van der Waals surface area contributed by atoms with Gasteiger partial charge >= 0.3 is 0 Å². The molecule has 1 fully saturated rings. The van der Waals surface area contributed by atoms with Crippen LogP contribution in [0.25, 0.3) is 11.0 Å². The van der Waals surface area contributed by atoms with Gasteiger partial charge in [0.25, 0.3) is 0 Å². The summed E-state index contributed by atoms with van der Waals surface area (Å²) in [6.07, 6.45) is 5.98. The Hall–Kier alpha value is -2.66. The van der Waals surface area contributed by atoms with Crippen molar-refractivity contribution in [3.05, 3.63) is 59.3 Å². The Bertz CT molecular complexity index is 1010. The lowest BCUT2D eigenvalue weighted by Gasteiger charge is -2.32. The number of hydrogen-bond acceptors (Lipinski definition) is 4. The normalized spacial score (nSPS) is 18.0. The number of aryl methyl sites for hydroxylation is 2. The number of carbonyl (C=O) groups is 1. The molecule has 3 aromatic rings. The Labute approximate surface area is 172 Å². The lowest BCUT2D eigenvalue weighted by molar-refractivity contribution is -0.116. The molecule has 0 unspecified atom stereocenters. The summed E-state index contributed by atoms with van der Waals surface area (Å²) in [6.45, 7) is 3.40. The van der Waals surface area contributed by atoms with Gasteiger partial charge in [0.2, 0.25) is 5.91 Å². The fourth-order valence-electron chi connectivity index (χ4n) is 4.66. The van der Waals surface area contributed by atoms with Gasteiger partial charge < -0.3 is 9.84 Å². The van der Waals surface area contributed by atoms with E-state index in [0.717, 1.165) is 54.1 Å². The molecule has 0 spiro atoms. The third kappa shape index (κ3) is 4.06. The minimum absolute atomic E-state index is 0. The number of nitrogens with zero attached hydrogens (tertiary/aromatic N) is 2. The number of fused-ring (bicyclic) bond motifs is 2. The van der Waals surface area contributed by atoms with Crippen molar-refractivity contribution in [1.29, 1.82) is 0 Å². The number of anilines is 1. The van der Waals surface area contributed by atoms with Gasteiger partial charge in [0, 0.05) is 31.5 Å². The molecule has 0 aliphatic carbocycles. The minimum Gasteiger partial charge on any atom is -0.356 e. The maximum Gasteiger partial charge on any atom is 0.224 e. The molecule has 0 bridgehead atoms. The van der Waals surface area contributed by atoms with Crippen LogP contribution < -0.4 is 5.32 Å². The lowest BCUT2D eigenvalue weighted by Crippen LogP contribution is -2.33. The SMILES string of the molecule is O=C1CCc2cc3c(CCC4CCN(Cc5ccccc5)CC4)noc3cc2N1.[HH]. The molecule has 1 N–H and O–H groups in total. The van der Waals surface area contributed by atoms with Crippen molar-refractivity contribution in [2.75, 3.05) is 18.4 Å². The van der Waals surface area contributed by atoms with E-state index >= 15 is 0 Å². The van der Waals surface area contributed by atoms with Crippen LogP contribution in [-0.2, 0) is 24.2 Å². The maximum absolute atomic E-state index is 11.6. The molecule has 2 aliphatic rings. The van der Waals surface area contributed by atoms with Crippen LogP contribution in [0.3, 0.4) is 0 Å². The second-order valence-corrected chi connectivity index (χ2v) is 8.43. The summed E-state index contributed by atoms with van der Waals surface area (Å²) in [5, 5.41) is 8.39. The second-order valence-electron chi connectivity index (χ2n) is 8.43. The summed E-state index contributed by atoms with van der Waals surface area (Å²) >= 11 is 0. The molecule has 1 saturated heterocycles. The molecule has 29 heavy (non-hydrogen) atoms. The number of nitrogens with one attached hydrogen (secondary N) is 1. The fraction of sp³-hybridized carbons (Fsp3) is 0.417. The number of aromatic nitrogens is 1. The standard InChI is InChI=1S/C24H27N3O2.H2/c28-24-9-7-19-14-20-21(26-29-23(20)15-22(19)25-24)8-6-17-10-12-27(13-11-17)16-18-4-2-1-3-5-18;/h1-5,14-15,17H,6-13,16H2,(H,25,28);1H. The van der Waals surface area contributed by atoms with Gasteiger partial charge in [-0.2, -0.15) is 0 Å². The van der Waals surface area contributed by atoms with Crippen LogP contribution in [0.1, 0.15) is 43.9 Å². The van der Waals surface area contributed by atoms with E-state index in [2.05, 4.69) is 51.8 Å². The van der Waals surface area contributed by atoms with E-state index in [1.54, 1.807) is 0 Å². The number of likely N-dealkylation sites (tertiary alicyclic amines) is 1. The van der Waals surface area contributed by atoms with Crippen molar-refractivity contribution in [3.63, 3.8) is 0 Å². The van der Waals surface area contributed by atoms with E-state index in [-0.39, 0.29) is 7.33 Å². The highest BCUT2D eigenvalue weighted by Crippen LogP contribution is 2.31. The highest BCUT2D eigenvalue weighted by atomic mass is 16.5. The summed E-state index contributed by atoms with van der Waals surface area (Å²) in [5.41, 5.74) is 5.31. The molecule has 1 aromatic heterocycles. The van der Waals surface area contributed by atoms with Crippen LogP contribution in [0.15, 0.2) is 47.0 Å². The maximum atomic E-state index is 11.6. The van der Waals surface area contributed by atoms with Crippen molar-refractivity contribution in [2.45, 2.75) is 45.1 Å². The van der Waals surface area contributed by atoms with Gasteiger partial charge in [-0.05, 0) is 68.3 Å². The van der Waals surface area contributed by atoms with E-state index in [4.69, 9.17) is 4.52 Å². The Morgan fingerprint density at radius 2 is 1.97 bits per heavy atom. The zero-order valence-electron chi connectivity index (χ0n) is 16.7. The van der Waals surface area contributed by atoms with Crippen molar-refractivity contribution in [3.8, 4) is 0 Å². The minimum atomic E-state index is 0. The molecule has 0 saturated carbocycles. The first-order chi connectivity index (χ1) is 14.2. The van der Waals surface area contributed by atoms with E-state index < -0.39 is 0 Å². The zero-order chi connectivity index (χ0) is 19.6. The fourth-order valence-corrected chi connectivity index (χ4v) is 4.66. The first-order valence-corrected chi connectivity index (χ1v) is 10.7. The average molecular weight is 392 g/mol. The molecular formula is C24H29N3O2. The van der Waals surface area contributed by atoms with Gasteiger partial charge in [0.05, 0.1) is 5.69 Å². The summed E-state index contributed by atoms with van der Waals surface area (Å²) in [4.78, 5) is 14.2. The van der Waals surface area contributed by atoms with Crippen molar-refractivity contribution >= 4 is 22.6 Å². The Morgan fingerprint density at radius 3 is 2.79 bits per heavy atom. The number of benzene rings is 2. The molecule has 2 aliphatic heterocycles. The molecule has 5 nitrogen and oxygen atoms in total. The van der Waals surface area contributed by atoms with Crippen molar-refractivity contribution in [1.82, 2.24) is 10.1 Å². The van der Waals surface area contributed by atoms with Gasteiger partial charge in [-0.3, -0.25) is 9.69 Å². The predicted molar refractivity (Wildman–Crippen MR) is 116 cm³/mol. The van der Waals surface area contributed by atoms with Crippen molar-refractivity contribution in [2.24, 2.45) is 5.92 Å². The van der Waals surface area contributed by atoms with E-state index in [1.165, 1.54) is 37.1 Å². The molecule has 152 valence electrons. The Balaban J connectivity index is 0.00000218. The monoisotopic (exact) mass is 391 g/mol. The molecule has 0 atom stereocenters. The third-order valence-corrected chi connectivity index (χ3v) is 6.41. The van der Waals surface area contributed by atoms with Crippen molar-refractivity contribution < 1.29 is 10.7 Å². The summed E-state index contributed by atoms with van der Waals surface area (Å²) in [5.74, 6) is 0.834. The second kappa shape index (κ2) is 7.99. The number of carbonyl (C=O) groups excluding carboxylic acids is 1. The predicted octanol–water partition coefficient (Wildman–Crippen LogP) is 4.80. The number of amides is 1. The van der Waals surface area contributed by atoms with Crippen LogP contribution >= 0.6 is 0 Å². The molecule has 5 rings (SSSR count). The lowest BCUT2D eigenvalue weighted by atomic mass is 9.90. The summed E-state index contributed by atoms with van der Waals surface area (Å²) in [6, 6.07) is 14.8. The Kier molecular flexibility index (Phi) is 5.06. The quantitative estimate of drug-likeness (QED) is 0.678. The first kappa shape index (κ1) is 18.4. The topological polar surface area (TPSA) is 58.4 Å². The number of hydrogen-bond donors (Lipinski definition) is 1. The largest absolute Gasteiger partial charge is 0.356 e. The molecule has 0 radical (unpaired) electrons. The van der Waals surface area contributed by atoms with Crippen LogP contribution in [0.4, 0.5) is 5.69 Å². The Morgan fingerprint density at radius 1 is 1.14 bits per heavy atom. The highest BCUT2D eigenvalue weighted by molar-refractivity contribution is 5.97. The highest BCUT2D eigenvalue weighted by Gasteiger charge is 2.22. The molecule has 3 heterocycles. The summed E-state index contributed by atoms with van der Waals surface area (Å²) in [7, 11) is 0. The van der Waals surface area contributed by atoms with Gasteiger partial charge in [-0.1, -0.05) is 35.5 Å².